The topological polar surface area (TPSA) is 50.8 Å². The van der Waals surface area contributed by atoms with E-state index in [4.69, 9.17) is 9.47 Å². The van der Waals surface area contributed by atoms with Crippen molar-refractivity contribution in [2.75, 3.05) is 40.5 Å². The van der Waals surface area contributed by atoms with Crippen LogP contribution in [0.4, 0.5) is 0 Å². The monoisotopic (exact) mass is 320 g/mol. The van der Waals surface area contributed by atoms with Crippen LogP contribution in [-0.2, 0) is 16.0 Å². The summed E-state index contributed by atoms with van der Waals surface area (Å²) in [6.07, 6.45) is 3.48. The van der Waals surface area contributed by atoms with Gasteiger partial charge in [-0.25, -0.2) is 0 Å². The van der Waals surface area contributed by atoms with Gasteiger partial charge in [0.1, 0.15) is 5.75 Å². The second-order valence-electron chi connectivity index (χ2n) is 5.87. The summed E-state index contributed by atoms with van der Waals surface area (Å²) in [5.41, 5.74) is 1.16. The molecular formula is C18H28N2O3. The molecule has 2 rings (SSSR count). The largest absolute Gasteiger partial charge is 0.496 e. The smallest absolute Gasteiger partial charge is 0.222 e. The van der Waals surface area contributed by atoms with Crippen molar-refractivity contribution in [3.63, 3.8) is 0 Å². The van der Waals surface area contributed by atoms with E-state index in [1.807, 2.05) is 23.1 Å². The summed E-state index contributed by atoms with van der Waals surface area (Å²) in [6, 6.07) is 8.38. The number of ether oxygens (including phenoxy) is 2. The SMILES string of the molecule is COCCNCC[C@H]1CCC(=O)N1CCc1ccccc1OC. The minimum atomic E-state index is 0.279. The Morgan fingerprint density at radius 3 is 2.87 bits per heavy atom. The molecule has 1 N–H and O–H groups in total. The van der Waals surface area contributed by atoms with Crippen LogP contribution in [0.25, 0.3) is 0 Å². The van der Waals surface area contributed by atoms with Gasteiger partial charge in [0.15, 0.2) is 0 Å². The van der Waals surface area contributed by atoms with E-state index in [1.54, 1.807) is 14.2 Å². The first-order valence-electron chi connectivity index (χ1n) is 8.37. The number of methoxy groups -OCH3 is 2. The minimum absolute atomic E-state index is 0.279. The third-order valence-electron chi connectivity index (χ3n) is 4.40. The van der Waals surface area contributed by atoms with Crippen molar-refractivity contribution < 1.29 is 14.3 Å². The van der Waals surface area contributed by atoms with Crippen LogP contribution < -0.4 is 10.1 Å². The van der Waals surface area contributed by atoms with Crippen LogP contribution in [0.15, 0.2) is 24.3 Å². The summed E-state index contributed by atoms with van der Waals surface area (Å²) in [6.45, 7) is 3.27. The first-order valence-corrected chi connectivity index (χ1v) is 8.37. The van der Waals surface area contributed by atoms with E-state index in [2.05, 4.69) is 11.4 Å². The van der Waals surface area contributed by atoms with Gasteiger partial charge in [-0.2, -0.15) is 0 Å². The lowest BCUT2D eigenvalue weighted by molar-refractivity contribution is -0.129. The molecule has 1 aromatic rings. The van der Waals surface area contributed by atoms with Gasteiger partial charge in [0.25, 0.3) is 0 Å². The number of para-hydroxylation sites is 1. The van der Waals surface area contributed by atoms with E-state index in [0.717, 1.165) is 56.8 Å². The summed E-state index contributed by atoms with van der Waals surface area (Å²) >= 11 is 0. The highest BCUT2D eigenvalue weighted by molar-refractivity contribution is 5.78. The molecule has 0 saturated carbocycles. The third kappa shape index (κ3) is 5.22. The molecule has 1 atom stereocenters. The van der Waals surface area contributed by atoms with Gasteiger partial charge in [0.2, 0.25) is 5.91 Å². The lowest BCUT2D eigenvalue weighted by Crippen LogP contribution is -2.37. The molecule has 5 nitrogen and oxygen atoms in total. The summed E-state index contributed by atoms with van der Waals surface area (Å²) in [4.78, 5) is 14.2. The van der Waals surface area contributed by atoms with Gasteiger partial charge >= 0.3 is 0 Å². The van der Waals surface area contributed by atoms with Crippen molar-refractivity contribution in [1.29, 1.82) is 0 Å². The molecule has 23 heavy (non-hydrogen) atoms. The minimum Gasteiger partial charge on any atom is -0.496 e. The molecule has 1 heterocycles. The van der Waals surface area contributed by atoms with Gasteiger partial charge in [-0.3, -0.25) is 4.79 Å². The van der Waals surface area contributed by atoms with Crippen molar-refractivity contribution in [1.82, 2.24) is 10.2 Å². The predicted octanol–water partition coefficient (Wildman–Crippen LogP) is 1.85. The number of carbonyl (C=O) groups is 1. The standard InChI is InChI=1S/C18H28N2O3/c1-22-14-12-19-11-9-16-7-8-18(21)20(16)13-10-15-5-3-4-6-17(15)23-2/h3-6,16,19H,7-14H2,1-2H3/t16-/m1/s1. The molecule has 1 fully saturated rings. The first kappa shape index (κ1) is 17.8. The van der Waals surface area contributed by atoms with Gasteiger partial charge in [-0.1, -0.05) is 18.2 Å². The van der Waals surface area contributed by atoms with Crippen LogP contribution in [0.2, 0.25) is 0 Å². The number of carbonyl (C=O) groups excluding carboxylic acids is 1. The summed E-state index contributed by atoms with van der Waals surface area (Å²) in [5, 5.41) is 3.36. The second kappa shape index (κ2) is 9.53. The molecule has 1 saturated heterocycles. The molecule has 0 aromatic heterocycles. The van der Waals surface area contributed by atoms with Gasteiger partial charge in [-0.05, 0) is 37.4 Å². The van der Waals surface area contributed by atoms with Crippen LogP contribution in [0.3, 0.4) is 0 Å². The van der Waals surface area contributed by atoms with Crippen LogP contribution in [0, 0.1) is 0 Å². The Labute approximate surface area is 139 Å². The maximum atomic E-state index is 12.1. The quantitative estimate of drug-likeness (QED) is 0.669. The van der Waals surface area contributed by atoms with E-state index in [-0.39, 0.29) is 5.91 Å². The molecular weight excluding hydrogens is 292 g/mol. The molecule has 128 valence electrons. The predicted molar refractivity (Wildman–Crippen MR) is 90.8 cm³/mol. The molecule has 0 unspecified atom stereocenters. The number of nitrogens with one attached hydrogen (secondary N) is 1. The number of likely N-dealkylation sites (tertiary alicyclic amines) is 1. The maximum Gasteiger partial charge on any atom is 0.222 e. The fraction of sp³-hybridized carbons (Fsp3) is 0.611. The Kier molecular flexibility index (Phi) is 7.36. The Hall–Kier alpha value is -1.59. The lowest BCUT2D eigenvalue weighted by atomic mass is 10.1. The van der Waals surface area contributed by atoms with Crippen LogP contribution in [0.1, 0.15) is 24.8 Å². The summed E-state index contributed by atoms with van der Waals surface area (Å²) in [5.74, 6) is 1.18. The third-order valence-corrected chi connectivity index (χ3v) is 4.40. The number of nitrogens with zero attached hydrogens (tertiary/aromatic N) is 1. The zero-order valence-electron chi connectivity index (χ0n) is 14.2. The normalized spacial score (nSPS) is 17.7. The highest BCUT2D eigenvalue weighted by Crippen LogP contribution is 2.23. The van der Waals surface area contributed by atoms with Crippen molar-refractivity contribution in [3.8, 4) is 5.75 Å². The molecule has 0 aliphatic carbocycles. The van der Waals surface area contributed by atoms with E-state index in [1.165, 1.54) is 0 Å². The van der Waals surface area contributed by atoms with Crippen LogP contribution in [-0.4, -0.2) is 57.3 Å². The Balaban J connectivity index is 1.82. The van der Waals surface area contributed by atoms with Gasteiger partial charge in [-0.15, -0.1) is 0 Å². The van der Waals surface area contributed by atoms with Crippen LogP contribution >= 0.6 is 0 Å². The van der Waals surface area contributed by atoms with Gasteiger partial charge < -0.3 is 19.7 Å². The molecule has 0 radical (unpaired) electrons. The molecule has 0 bridgehead atoms. The maximum absolute atomic E-state index is 12.1. The Morgan fingerprint density at radius 1 is 1.26 bits per heavy atom. The summed E-state index contributed by atoms with van der Waals surface area (Å²) in [7, 11) is 3.39. The van der Waals surface area contributed by atoms with Crippen molar-refractivity contribution in [2.24, 2.45) is 0 Å². The highest BCUT2D eigenvalue weighted by Gasteiger charge is 2.30. The van der Waals surface area contributed by atoms with E-state index in [9.17, 15) is 4.79 Å². The zero-order valence-corrected chi connectivity index (χ0v) is 14.2. The molecule has 1 aromatic carbocycles. The molecule has 1 amide bonds. The summed E-state index contributed by atoms with van der Waals surface area (Å²) < 4.78 is 10.4. The van der Waals surface area contributed by atoms with E-state index in [0.29, 0.717) is 12.5 Å². The fourth-order valence-corrected chi connectivity index (χ4v) is 3.12. The van der Waals surface area contributed by atoms with Crippen molar-refractivity contribution >= 4 is 5.91 Å². The van der Waals surface area contributed by atoms with Crippen molar-refractivity contribution in [2.45, 2.75) is 31.7 Å². The van der Waals surface area contributed by atoms with Gasteiger partial charge in [0.05, 0.1) is 13.7 Å². The molecule has 1 aliphatic heterocycles. The average molecular weight is 320 g/mol. The number of rotatable bonds is 10. The number of amides is 1. The highest BCUT2D eigenvalue weighted by atomic mass is 16.5. The average Bonchev–Trinajstić information content (AvgIpc) is 2.93. The zero-order chi connectivity index (χ0) is 16.5. The Morgan fingerprint density at radius 2 is 2.09 bits per heavy atom. The number of hydrogen-bond acceptors (Lipinski definition) is 4. The van der Waals surface area contributed by atoms with Gasteiger partial charge in [0, 0.05) is 32.7 Å². The second-order valence-corrected chi connectivity index (χ2v) is 5.87. The lowest BCUT2D eigenvalue weighted by Gasteiger charge is -2.25. The Bertz CT molecular complexity index is 493. The first-order chi connectivity index (χ1) is 11.3. The molecule has 1 aliphatic rings. The molecule has 5 heteroatoms. The van der Waals surface area contributed by atoms with E-state index >= 15 is 0 Å². The number of benzene rings is 1. The van der Waals surface area contributed by atoms with E-state index < -0.39 is 0 Å². The van der Waals surface area contributed by atoms with Crippen LogP contribution in [0.5, 0.6) is 5.75 Å². The molecule has 0 spiro atoms. The fourth-order valence-electron chi connectivity index (χ4n) is 3.12. The number of hydrogen-bond donors (Lipinski definition) is 1. The van der Waals surface area contributed by atoms with Crippen molar-refractivity contribution in [3.05, 3.63) is 29.8 Å².